The lowest BCUT2D eigenvalue weighted by atomic mass is 10.3. The molecular weight excluding hydrogens is 352 g/mol. The number of hydrogen-bond acceptors (Lipinski definition) is 4. The maximum Gasteiger partial charge on any atom is 0.327 e. The summed E-state index contributed by atoms with van der Waals surface area (Å²) in [7, 11) is 1.69. The monoisotopic (exact) mass is 364 g/mol. The molecule has 1 N–H and O–H groups in total. The molecule has 0 aromatic carbocycles. The van der Waals surface area contributed by atoms with Gasteiger partial charge in [-0.25, -0.2) is 9.59 Å². The lowest BCUT2D eigenvalue weighted by molar-refractivity contribution is -0.140. The largest absolute Gasteiger partial charge is 0.480 e. The molecule has 0 spiro atoms. The Balaban J connectivity index is 2.00. The van der Waals surface area contributed by atoms with E-state index in [0.717, 1.165) is 9.35 Å². The number of carboxylic acids is 1. The minimum atomic E-state index is -0.940. The van der Waals surface area contributed by atoms with Crippen molar-refractivity contribution in [2.45, 2.75) is 12.6 Å². The highest BCUT2D eigenvalue weighted by Gasteiger charge is 2.35. The molecular formula is C11H13BrN2O3S2. The molecule has 0 radical (unpaired) electrons. The van der Waals surface area contributed by atoms with Crippen molar-refractivity contribution in [3.05, 3.63) is 20.8 Å². The molecule has 0 unspecified atom stereocenters. The molecule has 1 fully saturated rings. The first-order valence-electron chi connectivity index (χ1n) is 5.54. The van der Waals surface area contributed by atoms with Crippen LogP contribution in [0.4, 0.5) is 4.79 Å². The van der Waals surface area contributed by atoms with Crippen molar-refractivity contribution in [2.75, 3.05) is 18.7 Å². The van der Waals surface area contributed by atoms with Crippen LogP contribution in [-0.4, -0.2) is 51.6 Å². The van der Waals surface area contributed by atoms with E-state index >= 15 is 0 Å². The molecule has 2 amide bonds. The molecule has 1 aromatic heterocycles. The molecule has 19 heavy (non-hydrogen) atoms. The lowest BCUT2D eigenvalue weighted by Gasteiger charge is -2.26. The SMILES string of the molecule is CN(Cc1csc(Br)c1)C(=O)N1CSC[C@H]1C(=O)O. The van der Waals surface area contributed by atoms with E-state index in [0.29, 0.717) is 18.2 Å². The maximum absolute atomic E-state index is 12.2. The maximum atomic E-state index is 12.2. The first kappa shape index (κ1) is 14.7. The molecule has 1 saturated heterocycles. The number of carbonyl (C=O) groups is 2. The number of urea groups is 1. The quantitative estimate of drug-likeness (QED) is 0.894. The van der Waals surface area contributed by atoms with Gasteiger partial charge in [-0.05, 0) is 32.9 Å². The summed E-state index contributed by atoms with van der Waals surface area (Å²) >= 11 is 6.41. The fourth-order valence-electron chi connectivity index (χ4n) is 1.83. The van der Waals surface area contributed by atoms with Crippen molar-refractivity contribution in [3.8, 4) is 0 Å². The molecule has 104 valence electrons. The highest BCUT2D eigenvalue weighted by molar-refractivity contribution is 9.11. The van der Waals surface area contributed by atoms with E-state index in [1.807, 2.05) is 11.4 Å². The molecule has 0 saturated carbocycles. The van der Waals surface area contributed by atoms with E-state index in [1.54, 1.807) is 23.3 Å². The van der Waals surface area contributed by atoms with Crippen LogP contribution < -0.4 is 0 Å². The Hall–Kier alpha value is -0.730. The van der Waals surface area contributed by atoms with Gasteiger partial charge >= 0.3 is 12.0 Å². The van der Waals surface area contributed by atoms with Crippen LogP contribution in [-0.2, 0) is 11.3 Å². The average molecular weight is 365 g/mol. The lowest BCUT2D eigenvalue weighted by Crippen LogP contribution is -2.47. The van der Waals surface area contributed by atoms with Gasteiger partial charge in [0.15, 0.2) is 0 Å². The summed E-state index contributed by atoms with van der Waals surface area (Å²) in [5, 5.41) is 11.1. The number of carboxylic acid groups (broad SMARTS) is 1. The van der Waals surface area contributed by atoms with Crippen LogP contribution in [0.2, 0.25) is 0 Å². The highest BCUT2D eigenvalue weighted by Crippen LogP contribution is 2.24. The predicted molar refractivity (Wildman–Crippen MR) is 79.5 cm³/mol. The fourth-order valence-corrected chi connectivity index (χ4v) is 4.16. The number of amides is 2. The molecule has 1 aliphatic heterocycles. The van der Waals surface area contributed by atoms with Crippen molar-refractivity contribution in [1.82, 2.24) is 9.80 Å². The fraction of sp³-hybridized carbons (Fsp3) is 0.455. The van der Waals surface area contributed by atoms with E-state index in [2.05, 4.69) is 15.9 Å². The van der Waals surface area contributed by atoms with Crippen LogP contribution in [0.5, 0.6) is 0 Å². The first-order chi connectivity index (χ1) is 8.99. The molecule has 1 atom stereocenters. The molecule has 1 aromatic rings. The van der Waals surface area contributed by atoms with E-state index < -0.39 is 12.0 Å². The number of rotatable bonds is 3. The molecule has 2 rings (SSSR count). The van der Waals surface area contributed by atoms with Crippen molar-refractivity contribution in [1.29, 1.82) is 0 Å². The second-order valence-electron chi connectivity index (χ2n) is 4.22. The van der Waals surface area contributed by atoms with Crippen molar-refractivity contribution in [2.24, 2.45) is 0 Å². The van der Waals surface area contributed by atoms with Gasteiger partial charge in [0, 0.05) is 19.3 Å². The van der Waals surface area contributed by atoms with Gasteiger partial charge in [0.05, 0.1) is 9.66 Å². The zero-order chi connectivity index (χ0) is 14.0. The smallest absolute Gasteiger partial charge is 0.327 e. The number of halogens is 1. The van der Waals surface area contributed by atoms with Gasteiger partial charge in [-0.3, -0.25) is 0 Å². The second-order valence-corrected chi connectivity index (χ2v) is 7.51. The minimum absolute atomic E-state index is 0.236. The zero-order valence-corrected chi connectivity index (χ0v) is 13.4. The summed E-state index contributed by atoms with van der Waals surface area (Å²) in [5.41, 5.74) is 1.03. The number of thiophene rings is 1. The molecule has 1 aliphatic rings. The molecule has 8 heteroatoms. The predicted octanol–water partition coefficient (Wildman–Crippen LogP) is 2.52. The summed E-state index contributed by atoms with van der Waals surface area (Å²) in [4.78, 5) is 26.3. The third kappa shape index (κ3) is 3.43. The van der Waals surface area contributed by atoms with Crippen LogP contribution in [0, 0.1) is 0 Å². The van der Waals surface area contributed by atoms with Crippen molar-refractivity contribution >= 4 is 51.0 Å². The van der Waals surface area contributed by atoms with Crippen molar-refractivity contribution in [3.63, 3.8) is 0 Å². The Morgan fingerprint density at radius 3 is 2.95 bits per heavy atom. The van der Waals surface area contributed by atoms with Gasteiger partial charge in [0.25, 0.3) is 0 Å². The van der Waals surface area contributed by atoms with Crippen LogP contribution in [0.15, 0.2) is 15.2 Å². The molecule has 5 nitrogen and oxygen atoms in total. The summed E-state index contributed by atoms with van der Waals surface area (Å²) in [5.74, 6) is -0.0446. The van der Waals surface area contributed by atoms with Crippen LogP contribution in [0.1, 0.15) is 5.56 Å². The van der Waals surface area contributed by atoms with Crippen LogP contribution >= 0.6 is 39.0 Å². The topological polar surface area (TPSA) is 60.9 Å². The van der Waals surface area contributed by atoms with E-state index in [-0.39, 0.29) is 6.03 Å². The first-order valence-corrected chi connectivity index (χ1v) is 8.37. The van der Waals surface area contributed by atoms with Gasteiger partial charge in [0.2, 0.25) is 0 Å². The van der Waals surface area contributed by atoms with Crippen LogP contribution in [0.25, 0.3) is 0 Å². The number of carbonyl (C=O) groups excluding carboxylic acids is 1. The number of thioether (sulfide) groups is 1. The minimum Gasteiger partial charge on any atom is -0.480 e. The Morgan fingerprint density at radius 1 is 1.63 bits per heavy atom. The summed E-state index contributed by atoms with van der Waals surface area (Å²) in [6, 6.07) is 1.01. The van der Waals surface area contributed by atoms with Crippen molar-refractivity contribution < 1.29 is 14.7 Å². The number of hydrogen-bond donors (Lipinski definition) is 1. The highest BCUT2D eigenvalue weighted by atomic mass is 79.9. The summed E-state index contributed by atoms with van der Waals surface area (Å²) in [6.45, 7) is 0.481. The van der Waals surface area contributed by atoms with E-state index in [4.69, 9.17) is 5.11 Å². The van der Waals surface area contributed by atoms with E-state index in [9.17, 15) is 9.59 Å². The number of aliphatic carboxylic acids is 1. The van der Waals surface area contributed by atoms with Gasteiger partial charge < -0.3 is 14.9 Å². The Morgan fingerprint density at radius 2 is 2.37 bits per heavy atom. The second kappa shape index (κ2) is 6.15. The number of nitrogens with zero attached hydrogens (tertiary/aromatic N) is 2. The molecule has 0 bridgehead atoms. The third-order valence-corrected chi connectivity index (χ3v) is 5.35. The normalized spacial score (nSPS) is 18.6. The van der Waals surface area contributed by atoms with Gasteiger partial charge in [-0.1, -0.05) is 0 Å². The van der Waals surface area contributed by atoms with E-state index in [1.165, 1.54) is 16.7 Å². The Labute approximate surface area is 127 Å². The molecule has 2 heterocycles. The van der Waals surface area contributed by atoms with Gasteiger partial charge in [-0.15, -0.1) is 23.1 Å². The molecule has 0 aliphatic carbocycles. The third-order valence-electron chi connectivity index (χ3n) is 2.78. The standard InChI is InChI=1S/C11H13BrN2O3S2/c1-13(3-7-2-9(12)19-4-7)11(17)14-6-18-5-8(14)10(15)16/h2,4,8H,3,5-6H2,1H3,(H,15,16)/t8-/m0/s1. The average Bonchev–Trinajstić information content (AvgIpc) is 2.97. The Bertz CT molecular complexity index is 494. The summed E-state index contributed by atoms with van der Waals surface area (Å²) in [6.07, 6.45) is 0. The van der Waals surface area contributed by atoms with Gasteiger partial charge in [0.1, 0.15) is 6.04 Å². The summed E-state index contributed by atoms with van der Waals surface area (Å²) < 4.78 is 1.02. The van der Waals surface area contributed by atoms with Crippen LogP contribution in [0.3, 0.4) is 0 Å². The zero-order valence-electron chi connectivity index (χ0n) is 10.2. The Kier molecular flexibility index (Phi) is 4.75. The van der Waals surface area contributed by atoms with Gasteiger partial charge in [-0.2, -0.15) is 0 Å².